The van der Waals surface area contributed by atoms with Crippen molar-refractivity contribution in [1.29, 1.82) is 0 Å². The summed E-state index contributed by atoms with van der Waals surface area (Å²) in [6, 6.07) is 7.60. The molecule has 2 aromatic rings. The van der Waals surface area contributed by atoms with Crippen LogP contribution in [0.5, 0.6) is 11.5 Å². The number of hydrogen-bond acceptors (Lipinski definition) is 8. The highest BCUT2D eigenvalue weighted by Gasteiger charge is 2.23. The first-order valence-electron chi connectivity index (χ1n) is 7.95. The van der Waals surface area contributed by atoms with Crippen LogP contribution < -0.4 is 4.74 Å². The first-order valence-corrected chi connectivity index (χ1v) is 9.36. The standard InChI is InChI=1S/C17H17NO9S/c1-11-3-5-12(6-4-11)28(24,25)27-8-2-7-26-16-10-15(19)13(17(20)21)9-14(16)18(22)23/h3-6,9-10,19H,2,7-8H2,1H3,(H,20,21). The molecule has 0 amide bonds. The molecule has 0 aliphatic heterocycles. The van der Waals surface area contributed by atoms with Crippen molar-refractivity contribution in [3.8, 4) is 11.5 Å². The Morgan fingerprint density at radius 3 is 2.39 bits per heavy atom. The number of carboxylic acid groups (broad SMARTS) is 1. The van der Waals surface area contributed by atoms with Crippen molar-refractivity contribution in [3.05, 3.63) is 57.6 Å². The number of carbonyl (C=O) groups is 1. The quantitative estimate of drug-likeness (QED) is 0.274. The van der Waals surface area contributed by atoms with Gasteiger partial charge in [-0.2, -0.15) is 8.42 Å². The molecule has 0 aliphatic carbocycles. The highest BCUT2D eigenvalue weighted by Crippen LogP contribution is 2.34. The van der Waals surface area contributed by atoms with Gasteiger partial charge in [0.1, 0.15) is 11.3 Å². The highest BCUT2D eigenvalue weighted by molar-refractivity contribution is 7.86. The molecule has 11 heteroatoms. The summed E-state index contributed by atoms with van der Waals surface area (Å²) in [4.78, 5) is 21.2. The summed E-state index contributed by atoms with van der Waals surface area (Å²) >= 11 is 0. The second-order valence-corrected chi connectivity index (χ2v) is 7.31. The number of carboxylic acids is 1. The van der Waals surface area contributed by atoms with E-state index in [0.29, 0.717) is 6.07 Å². The Bertz CT molecular complexity index is 984. The molecule has 2 N–H and O–H groups in total. The molecule has 0 atom stereocenters. The number of nitrogens with zero attached hydrogens (tertiary/aromatic N) is 1. The molecule has 0 spiro atoms. The molecule has 0 radical (unpaired) electrons. The number of hydrogen-bond donors (Lipinski definition) is 2. The molecule has 2 rings (SSSR count). The van der Waals surface area contributed by atoms with Crippen molar-refractivity contribution in [2.24, 2.45) is 0 Å². The van der Waals surface area contributed by atoms with Gasteiger partial charge in [0.15, 0.2) is 0 Å². The van der Waals surface area contributed by atoms with Crippen LogP contribution in [0.3, 0.4) is 0 Å². The molecule has 0 bridgehead atoms. The Morgan fingerprint density at radius 1 is 1.18 bits per heavy atom. The third-order valence-corrected chi connectivity index (χ3v) is 4.93. The Hall–Kier alpha value is -3.18. The Labute approximate surface area is 160 Å². The van der Waals surface area contributed by atoms with Crippen LogP contribution >= 0.6 is 0 Å². The summed E-state index contributed by atoms with van der Waals surface area (Å²) in [6.07, 6.45) is 0.0731. The first kappa shape index (κ1) is 21.1. The second kappa shape index (κ2) is 8.67. The first-order chi connectivity index (χ1) is 13.1. The van der Waals surface area contributed by atoms with Crippen LogP contribution in [0.25, 0.3) is 0 Å². The number of nitro groups is 1. The summed E-state index contributed by atoms with van der Waals surface area (Å²) in [5.74, 6) is -2.55. The summed E-state index contributed by atoms with van der Waals surface area (Å²) in [5, 5.41) is 29.6. The molecule has 28 heavy (non-hydrogen) atoms. The van der Waals surface area contributed by atoms with Crippen LogP contribution in [-0.4, -0.2) is 42.7 Å². The minimum Gasteiger partial charge on any atom is -0.507 e. The van der Waals surface area contributed by atoms with E-state index in [0.717, 1.165) is 11.6 Å². The predicted octanol–water partition coefficient (Wildman–Crippen LogP) is 2.48. The largest absolute Gasteiger partial charge is 0.507 e. The lowest BCUT2D eigenvalue weighted by molar-refractivity contribution is -0.385. The number of benzene rings is 2. The number of aromatic hydroxyl groups is 1. The fraction of sp³-hybridized carbons (Fsp3) is 0.235. The van der Waals surface area contributed by atoms with Crippen molar-refractivity contribution in [3.63, 3.8) is 0 Å². The monoisotopic (exact) mass is 411 g/mol. The van der Waals surface area contributed by atoms with Gasteiger partial charge in [-0.15, -0.1) is 0 Å². The fourth-order valence-electron chi connectivity index (χ4n) is 2.17. The van der Waals surface area contributed by atoms with E-state index < -0.39 is 38.0 Å². The number of aryl methyl sites for hydroxylation is 1. The Morgan fingerprint density at radius 2 is 1.82 bits per heavy atom. The highest BCUT2D eigenvalue weighted by atomic mass is 32.2. The smallest absolute Gasteiger partial charge is 0.339 e. The van der Waals surface area contributed by atoms with Gasteiger partial charge in [0.25, 0.3) is 10.1 Å². The normalized spacial score (nSPS) is 11.2. The Balaban J connectivity index is 1.96. The summed E-state index contributed by atoms with van der Waals surface area (Å²) in [6.45, 7) is 1.42. The maximum atomic E-state index is 12.0. The molecule has 10 nitrogen and oxygen atoms in total. The zero-order valence-corrected chi connectivity index (χ0v) is 15.5. The number of aromatic carboxylic acids is 1. The van der Waals surface area contributed by atoms with Gasteiger partial charge in [0.05, 0.1) is 23.0 Å². The number of ether oxygens (including phenoxy) is 1. The van der Waals surface area contributed by atoms with E-state index in [9.17, 15) is 28.4 Å². The molecular formula is C17H17NO9S. The van der Waals surface area contributed by atoms with Gasteiger partial charge in [0, 0.05) is 18.6 Å². The lowest BCUT2D eigenvalue weighted by Crippen LogP contribution is -2.10. The van der Waals surface area contributed by atoms with E-state index in [2.05, 4.69) is 0 Å². The third kappa shape index (κ3) is 5.18. The zero-order chi connectivity index (χ0) is 20.9. The van der Waals surface area contributed by atoms with Crippen LogP contribution in [0.2, 0.25) is 0 Å². The van der Waals surface area contributed by atoms with Gasteiger partial charge in [-0.3, -0.25) is 14.3 Å². The van der Waals surface area contributed by atoms with Crippen LogP contribution in [0, 0.1) is 17.0 Å². The van der Waals surface area contributed by atoms with E-state index in [1.54, 1.807) is 12.1 Å². The van der Waals surface area contributed by atoms with Gasteiger partial charge in [-0.25, -0.2) is 4.79 Å². The molecule has 0 saturated heterocycles. The van der Waals surface area contributed by atoms with Gasteiger partial charge in [-0.1, -0.05) is 17.7 Å². The molecule has 0 saturated carbocycles. The van der Waals surface area contributed by atoms with Gasteiger partial charge < -0.3 is 14.9 Å². The zero-order valence-electron chi connectivity index (χ0n) is 14.7. The van der Waals surface area contributed by atoms with E-state index >= 15 is 0 Å². The molecule has 0 unspecified atom stereocenters. The third-order valence-electron chi connectivity index (χ3n) is 3.60. The second-order valence-electron chi connectivity index (χ2n) is 5.69. The average Bonchev–Trinajstić information content (AvgIpc) is 2.61. The summed E-state index contributed by atoms with van der Waals surface area (Å²) < 4.78 is 34.1. The van der Waals surface area contributed by atoms with Crippen molar-refractivity contribution in [2.45, 2.75) is 18.2 Å². The number of rotatable bonds is 9. The van der Waals surface area contributed by atoms with Crippen molar-refractivity contribution < 1.29 is 37.3 Å². The SMILES string of the molecule is Cc1ccc(S(=O)(=O)OCCCOc2cc(O)c(C(=O)O)cc2[N+](=O)[O-])cc1. The lowest BCUT2D eigenvalue weighted by atomic mass is 10.1. The minimum absolute atomic E-state index is 0.00355. The molecule has 150 valence electrons. The molecule has 0 aliphatic rings. The van der Waals surface area contributed by atoms with Gasteiger partial charge in [-0.05, 0) is 19.1 Å². The molecular weight excluding hydrogens is 394 g/mol. The minimum atomic E-state index is -3.93. The van der Waals surface area contributed by atoms with Crippen molar-refractivity contribution in [1.82, 2.24) is 0 Å². The van der Waals surface area contributed by atoms with Gasteiger partial charge in [0.2, 0.25) is 5.75 Å². The van der Waals surface area contributed by atoms with E-state index in [1.807, 2.05) is 6.92 Å². The average molecular weight is 411 g/mol. The van der Waals surface area contributed by atoms with Gasteiger partial charge >= 0.3 is 11.7 Å². The Kier molecular flexibility index (Phi) is 6.54. The van der Waals surface area contributed by atoms with E-state index in [-0.39, 0.29) is 30.3 Å². The molecule has 2 aromatic carbocycles. The molecule has 0 aromatic heterocycles. The fourth-order valence-corrected chi connectivity index (χ4v) is 3.11. The molecule has 0 heterocycles. The lowest BCUT2D eigenvalue weighted by Gasteiger charge is -2.09. The number of phenols is 1. The van der Waals surface area contributed by atoms with Crippen LogP contribution in [0.1, 0.15) is 22.3 Å². The van der Waals surface area contributed by atoms with E-state index in [4.69, 9.17) is 14.0 Å². The summed E-state index contributed by atoms with van der Waals surface area (Å²) in [5.41, 5.74) is -0.374. The van der Waals surface area contributed by atoms with E-state index in [1.165, 1.54) is 12.1 Å². The topological polar surface area (TPSA) is 153 Å². The van der Waals surface area contributed by atoms with Crippen molar-refractivity contribution >= 4 is 21.8 Å². The molecule has 0 fully saturated rings. The number of nitro benzene ring substituents is 1. The predicted molar refractivity (Wildman–Crippen MR) is 96.1 cm³/mol. The van der Waals surface area contributed by atoms with Crippen LogP contribution in [0.15, 0.2) is 41.3 Å². The van der Waals surface area contributed by atoms with Crippen molar-refractivity contribution in [2.75, 3.05) is 13.2 Å². The van der Waals surface area contributed by atoms with Crippen LogP contribution in [0.4, 0.5) is 5.69 Å². The maximum Gasteiger partial charge on any atom is 0.339 e. The maximum absolute atomic E-state index is 12.0. The van der Waals surface area contributed by atoms with Crippen LogP contribution in [-0.2, 0) is 14.3 Å². The summed E-state index contributed by atoms with van der Waals surface area (Å²) in [7, 11) is -3.93.